The van der Waals surface area contributed by atoms with Gasteiger partial charge in [-0.05, 0) is 0 Å². The Morgan fingerprint density at radius 1 is 0.833 bits per heavy atom. The second-order valence-electron chi connectivity index (χ2n) is 2.05. The third kappa shape index (κ3) is 0.728. The monoisotopic (exact) mass is 196 g/mol. The van der Waals surface area contributed by atoms with Crippen molar-refractivity contribution < 1.29 is 0 Å². The number of fused-ring (bicyclic) bond motifs is 2. The van der Waals surface area contributed by atoms with Crippen molar-refractivity contribution in [3.05, 3.63) is 0 Å². The summed E-state index contributed by atoms with van der Waals surface area (Å²) < 4.78 is 15.8. The Morgan fingerprint density at radius 3 is 2.00 bits per heavy atom. The second-order valence-corrected chi connectivity index (χ2v) is 3.10. The van der Waals surface area contributed by atoms with Gasteiger partial charge in [0.25, 0.3) is 0 Å². The minimum atomic E-state index is 0.542. The molecule has 6 nitrogen and oxygen atoms in total. The molecule has 1 aliphatic rings. The zero-order chi connectivity index (χ0) is 7.97. The van der Waals surface area contributed by atoms with Gasteiger partial charge in [0, 0.05) is 0 Å². The Kier molecular flexibility index (Phi) is 1.10. The van der Waals surface area contributed by atoms with Gasteiger partial charge in [-0.15, -0.1) is 0 Å². The summed E-state index contributed by atoms with van der Waals surface area (Å²) in [7, 11) is 0. The minimum absolute atomic E-state index is 0.542. The SMILES string of the molecule is N1=S=Nc2nc3nsnc3nc21. The van der Waals surface area contributed by atoms with Crippen LogP contribution in [0, 0.1) is 0 Å². The first-order valence-corrected chi connectivity index (χ1v) is 4.48. The first-order chi connectivity index (χ1) is 5.93. The lowest BCUT2D eigenvalue weighted by atomic mass is 10.6. The molecule has 0 atom stereocenters. The van der Waals surface area contributed by atoms with Gasteiger partial charge in [0.05, 0.1) is 23.1 Å². The van der Waals surface area contributed by atoms with Crippen LogP contribution in [0.1, 0.15) is 0 Å². The zero-order valence-electron chi connectivity index (χ0n) is 5.50. The van der Waals surface area contributed by atoms with Crippen LogP contribution < -0.4 is 0 Å². The van der Waals surface area contributed by atoms with Crippen molar-refractivity contribution in [3.8, 4) is 0 Å². The molecule has 0 saturated carbocycles. The molecule has 0 saturated heterocycles. The lowest BCUT2D eigenvalue weighted by Crippen LogP contribution is -1.81. The summed E-state index contributed by atoms with van der Waals surface area (Å²) in [5.41, 5.74) is 1.08. The van der Waals surface area contributed by atoms with E-state index in [2.05, 4.69) is 27.4 Å². The first-order valence-electron chi connectivity index (χ1n) is 3.02. The fourth-order valence-electron chi connectivity index (χ4n) is 0.841. The zero-order valence-corrected chi connectivity index (χ0v) is 7.13. The molecule has 0 unspecified atom stereocenters. The summed E-state index contributed by atoms with van der Waals surface area (Å²) in [4.78, 5) is 8.22. The smallest absolute Gasteiger partial charge is 0.200 e. The molecule has 3 heterocycles. The molecule has 0 fully saturated rings. The highest BCUT2D eigenvalue weighted by Crippen LogP contribution is 2.28. The van der Waals surface area contributed by atoms with Gasteiger partial charge in [0.1, 0.15) is 0 Å². The van der Waals surface area contributed by atoms with Crippen LogP contribution in [0.4, 0.5) is 11.6 Å². The lowest BCUT2D eigenvalue weighted by molar-refractivity contribution is 1.23. The van der Waals surface area contributed by atoms with Gasteiger partial charge in [-0.25, -0.2) is 9.97 Å². The summed E-state index contributed by atoms with van der Waals surface area (Å²) in [6.07, 6.45) is 0. The summed E-state index contributed by atoms with van der Waals surface area (Å²) in [6.45, 7) is 0. The van der Waals surface area contributed by atoms with Crippen molar-refractivity contribution in [1.82, 2.24) is 18.7 Å². The van der Waals surface area contributed by atoms with Crippen molar-refractivity contribution in [2.75, 3.05) is 0 Å². The first kappa shape index (κ1) is 6.26. The summed E-state index contributed by atoms with van der Waals surface area (Å²) in [5.74, 6) is 1.08. The van der Waals surface area contributed by atoms with Gasteiger partial charge >= 0.3 is 0 Å². The highest BCUT2D eigenvalue weighted by atomic mass is 32.1. The third-order valence-corrected chi connectivity index (χ3v) is 2.35. The standard InChI is InChI=1S/C4N6S2/c5-1-2(8-11-7-1)6-4-3(5)9-12-10-4. The molecule has 58 valence electrons. The number of rotatable bonds is 0. The largest absolute Gasteiger partial charge is 0.214 e. The van der Waals surface area contributed by atoms with E-state index < -0.39 is 0 Å². The lowest BCUT2D eigenvalue weighted by Gasteiger charge is -1.88. The van der Waals surface area contributed by atoms with Crippen molar-refractivity contribution in [1.29, 1.82) is 0 Å². The van der Waals surface area contributed by atoms with Gasteiger partial charge in [0.2, 0.25) is 22.9 Å². The van der Waals surface area contributed by atoms with Crippen molar-refractivity contribution in [3.63, 3.8) is 0 Å². The molecular weight excluding hydrogens is 196 g/mol. The molecule has 0 aromatic carbocycles. The van der Waals surface area contributed by atoms with Gasteiger partial charge in [-0.1, -0.05) is 0 Å². The predicted octanol–water partition coefficient (Wildman–Crippen LogP) is 1.21. The van der Waals surface area contributed by atoms with Crippen LogP contribution >= 0.6 is 11.7 Å². The maximum absolute atomic E-state index is 4.11. The average Bonchev–Trinajstić information content (AvgIpc) is 2.64. The molecule has 0 amide bonds. The molecular formula is C4N6S2. The molecule has 2 aromatic rings. The van der Waals surface area contributed by atoms with Crippen molar-refractivity contribution in [2.24, 2.45) is 8.73 Å². The van der Waals surface area contributed by atoms with Crippen LogP contribution in [-0.4, -0.2) is 18.7 Å². The summed E-state index contributed by atoms with van der Waals surface area (Å²) >= 11 is 2.18. The number of hydrogen-bond donors (Lipinski definition) is 0. The van der Waals surface area contributed by atoms with Gasteiger partial charge in [0.15, 0.2) is 0 Å². The van der Waals surface area contributed by atoms with Crippen LogP contribution in [0.25, 0.3) is 11.3 Å². The third-order valence-electron chi connectivity index (χ3n) is 1.33. The Morgan fingerprint density at radius 2 is 1.42 bits per heavy atom. The van der Waals surface area contributed by atoms with Crippen molar-refractivity contribution in [2.45, 2.75) is 0 Å². The number of aromatic nitrogens is 4. The maximum Gasteiger partial charge on any atom is 0.214 e. The van der Waals surface area contributed by atoms with E-state index in [-0.39, 0.29) is 0 Å². The molecule has 0 radical (unpaired) electrons. The molecule has 12 heavy (non-hydrogen) atoms. The van der Waals surface area contributed by atoms with E-state index in [1.54, 1.807) is 0 Å². The molecule has 0 aliphatic carbocycles. The number of nitrogens with zero attached hydrogens (tertiary/aromatic N) is 6. The fraction of sp³-hybridized carbons (Fsp3) is 0. The van der Waals surface area contributed by atoms with Crippen LogP contribution in [-0.2, 0) is 11.4 Å². The van der Waals surface area contributed by atoms with Crippen LogP contribution in [0.15, 0.2) is 8.73 Å². The second kappa shape index (κ2) is 2.11. The van der Waals surface area contributed by atoms with E-state index in [0.717, 1.165) is 23.1 Å². The Labute approximate surface area is 73.9 Å². The predicted molar refractivity (Wildman–Crippen MR) is 44.5 cm³/mol. The van der Waals surface area contributed by atoms with Crippen molar-refractivity contribution >= 4 is 46.0 Å². The van der Waals surface area contributed by atoms with Gasteiger partial charge in [-0.2, -0.15) is 17.5 Å². The summed E-state index contributed by atoms with van der Waals surface area (Å²) in [6, 6.07) is 0. The van der Waals surface area contributed by atoms with Crippen LogP contribution in [0.3, 0.4) is 0 Å². The molecule has 0 N–H and O–H groups in total. The normalized spacial score (nSPS) is 13.3. The topological polar surface area (TPSA) is 76.3 Å². The van der Waals surface area contributed by atoms with E-state index in [9.17, 15) is 0 Å². The van der Waals surface area contributed by atoms with Gasteiger partial charge < -0.3 is 0 Å². The Bertz CT molecular complexity index is 481. The highest BCUT2D eigenvalue weighted by molar-refractivity contribution is 7.58. The van der Waals surface area contributed by atoms with Crippen LogP contribution in [0.5, 0.6) is 0 Å². The number of hydrogen-bond acceptors (Lipinski definition) is 7. The Hall–Kier alpha value is -1.28. The van der Waals surface area contributed by atoms with Crippen LogP contribution in [0.2, 0.25) is 0 Å². The Balaban J connectivity index is 2.48. The summed E-state index contributed by atoms with van der Waals surface area (Å²) in [5, 5.41) is 0. The molecule has 0 spiro atoms. The van der Waals surface area contributed by atoms with E-state index in [1.807, 2.05) is 0 Å². The molecule has 2 aromatic heterocycles. The van der Waals surface area contributed by atoms with E-state index in [0.29, 0.717) is 22.9 Å². The maximum atomic E-state index is 4.11. The molecule has 1 aliphatic heterocycles. The average molecular weight is 196 g/mol. The van der Waals surface area contributed by atoms with E-state index in [1.165, 1.54) is 0 Å². The van der Waals surface area contributed by atoms with E-state index >= 15 is 0 Å². The minimum Gasteiger partial charge on any atom is -0.200 e. The van der Waals surface area contributed by atoms with E-state index in [4.69, 9.17) is 0 Å². The fourth-order valence-corrected chi connectivity index (χ4v) is 1.72. The molecule has 8 heteroatoms. The quantitative estimate of drug-likeness (QED) is 0.541. The van der Waals surface area contributed by atoms with Gasteiger partial charge in [-0.3, -0.25) is 0 Å². The molecule has 0 bridgehead atoms. The molecule has 3 rings (SSSR count). The highest BCUT2D eigenvalue weighted by Gasteiger charge is 2.12.